The molecule has 3 rings (SSSR count). The number of fused-ring (bicyclic) bond motifs is 1. The molecule has 3 nitrogen and oxygen atoms in total. The zero-order valence-electron chi connectivity index (χ0n) is 10.0. The van der Waals surface area contributed by atoms with E-state index in [1.54, 1.807) is 4.90 Å². The minimum absolute atomic E-state index is 0.00846. The zero-order valence-corrected chi connectivity index (χ0v) is 10.0. The van der Waals surface area contributed by atoms with Crippen LogP contribution in [-0.4, -0.2) is 23.6 Å². The van der Waals surface area contributed by atoms with Gasteiger partial charge in [0.2, 0.25) is 0 Å². The first-order chi connectivity index (χ1) is 8.09. The van der Waals surface area contributed by atoms with E-state index in [1.165, 1.54) is 0 Å². The van der Waals surface area contributed by atoms with Crippen LogP contribution in [0.2, 0.25) is 0 Å². The van der Waals surface area contributed by atoms with Crippen LogP contribution in [0.15, 0.2) is 36.0 Å². The summed E-state index contributed by atoms with van der Waals surface area (Å²) in [4.78, 5) is 13.3. The Balaban J connectivity index is 1.92. The highest BCUT2D eigenvalue weighted by atomic mass is 16.6. The van der Waals surface area contributed by atoms with E-state index in [0.29, 0.717) is 6.61 Å². The summed E-state index contributed by atoms with van der Waals surface area (Å²) in [6, 6.07) is 10.3. The van der Waals surface area contributed by atoms with Gasteiger partial charge in [-0.3, -0.25) is 4.90 Å². The Morgan fingerprint density at radius 2 is 2.06 bits per heavy atom. The molecule has 17 heavy (non-hydrogen) atoms. The molecule has 1 aromatic rings. The molecular formula is C14H15NO2. The summed E-state index contributed by atoms with van der Waals surface area (Å²) in [6.07, 6.45) is 1.86. The van der Waals surface area contributed by atoms with Gasteiger partial charge in [-0.05, 0) is 11.6 Å². The standard InChI is InChI=1S/C14H15NO2/c1-14(2)9-17-13(16)15-11(12(14)15)8-10-6-4-3-5-7-10/h3-8,12H,9H2,1-2H3/b11-8+/t12-,15?/m1/s1. The van der Waals surface area contributed by atoms with Crippen LogP contribution in [0.25, 0.3) is 6.08 Å². The topological polar surface area (TPSA) is 29.3 Å². The van der Waals surface area contributed by atoms with Gasteiger partial charge >= 0.3 is 6.09 Å². The molecular weight excluding hydrogens is 214 g/mol. The third kappa shape index (κ3) is 1.62. The molecule has 2 heterocycles. The smallest absolute Gasteiger partial charge is 0.414 e. The lowest BCUT2D eigenvalue weighted by atomic mass is 9.88. The van der Waals surface area contributed by atoms with E-state index in [0.717, 1.165) is 11.3 Å². The van der Waals surface area contributed by atoms with E-state index in [1.807, 2.05) is 30.3 Å². The predicted octanol–water partition coefficient (Wildman–Crippen LogP) is 2.89. The molecule has 88 valence electrons. The van der Waals surface area contributed by atoms with Gasteiger partial charge in [0, 0.05) is 11.1 Å². The van der Waals surface area contributed by atoms with Gasteiger partial charge in [-0.25, -0.2) is 4.79 Å². The summed E-state index contributed by atoms with van der Waals surface area (Å²) < 4.78 is 5.16. The average Bonchev–Trinajstić information content (AvgIpc) is 3.02. The highest BCUT2D eigenvalue weighted by molar-refractivity contribution is 5.81. The SMILES string of the molecule is CC1(C)COC(=O)N2/C(=C/c3ccccc3)[C@@H]21. The fourth-order valence-electron chi connectivity index (χ4n) is 2.44. The Bertz CT molecular complexity index is 490. The normalized spacial score (nSPS) is 27.6. The van der Waals surface area contributed by atoms with Crippen molar-refractivity contribution in [2.75, 3.05) is 6.61 Å². The van der Waals surface area contributed by atoms with E-state index in [-0.39, 0.29) is 17.6 Å². The van der Waals surface area contributed by atoms with Crippen LogP contribution in [0.4, 0.5) is 4.79 Å². The predicted molar refractivity (Wildman–Crippen MR) is 65.2 cm³/mol. The number of benzene rings is 1. The van der Waals surface area contributed by atoms with Gasteiger partial charge in [0.25, 0.3) is 0 Å². The van der Waals surface area contributed by atoms with Crippen LogP contribution in [0.1, 0.15) is 19.4 Å². The lowest BCUT2D eigenvalue weighted by Crippen LogP contribution is -2.37. The van der Waals surface area contributed by atoms with Crippen LogP contribution in [0, 0.1) is 5.41 Å². The van der Waals surface area contributed by atoms with Crippen LogP contribution < -0.4 is 0 Å². The second kappa shape index (κ2) is 3.36. The third-order valence-corrected chi connectivity index (χ3v) is 3.37. The van der Waals surface area contributed by atoms with Crippen LogP contribution >= 0.6 is 0 Å². The highest BCUT2D eigenvalue weighted by Crippen LogP contribution is 2.49. The second-order valence-corrected chi connectivity index (χ2v) is 5.30. The number of carbonyl (C=O) groups excluding carboxylic acids is 1. The Morgan fingerprint density at radius 3 is 2.71 bits per heavy atom. The van der Waals surface area contributed by atoms with Crippen molar-refractivity contribution in [2.24, 2.45) is 5.41 Å². The molecule has 0 radical (unpaired) electrons. The third-order valence-electron chi connectivity index (χ3n) is 3.37. The van der Waals surface area contributed by atoms with Crippen LogP contribution in [-0.2, 0) is 4.74 Å². The number of rotatable bonds is 1. The molecule has 2 fully saturated rings. The minimum atomic E-state index is -0.212. The molecule has 0 N–H and O–H groups in total. The zero-order chi connectivity index (χ0) is 12.0. The Labute approximate surface area is 101 Å². The summed E-state index contributed by atoms with van der Waals surface area (Å²) in [6.45, 7) is 4.75. The summed E-state index contributed by atoms with van der Waals surface area (Å²) in [5.41, 5.74) is 2.21. The van der Waals surface area contributed by atoms with Crippen molar-refractivity contribution in [3.8, 4) is 0 Å². The number of hydrogen-bond acceptors (Lipinski definition) is 2. The molecule has 2 saturated heterocycles. The molecule has 2 aliphatic heterocycles. The molecule has 0 spiro atoms. The monoisotopic (exact) mass is 229 g/mol. The lowest BCUT2D eigenvalue weighted by molar-refractivity contribution is 0.0498. The van der Waals surface area contributed by atoms with Crippen molar-refractivity contribution in [3.63, 3.8) is 0 Å². The average molecular weight is 229 g/mol. The molecule has 0 aliphatic carbocycles. The van der Waals surface area contributed by atoms with Gasteiger partial charge in [0.15, 0.2) is 0 Å². The molecule has 1 atom stereocenters. The maximum absolute atomic E-state index is 11.6. The Hall–Kier alpha value is -1.77. The maximum Gasteiger partial charge on any atom is 0.414 e. The van der Waals surface area contributed by atoms with Crippen LogP contribution in [0.5, 0.6) is 0 Å². The molecule has 1 amide bonds. The van der Waals surface area contributed by atoms with Gasteiger partial charge < -0.3 is 4.74 Å². The first-order valence-electron chi connectivity index (χ1n) is 5.82. The van der Waals surface area contributed by atoms with Crippen molar-refractivity contribution in [1.82, 2.24) is 4.90 Å². The van der Waals surface area contributed by atoms with E-state index < -0.39 is 0 Å². The molecule has 0 bridgehead atoms. The van der Waals surface area contributed by atoms with Gasteiger partial charge in [0.1, 0.15) is 6.61 Å². The summed E-state index contributed by atoms with van der Waals surface area (Å²) >= 11 is 0. The fourth-order valence-corrected chi connectivity index (χ4v) is 2.44. The largest absolute Gasteiger partial charge is 0.448 e. The van der Waals surface area contributed by atoms with Gasteiger partial charge in [0.05, 0.1) is 6.04 Å². The van der Waals surface area contributed by atoms with Gasteiger partial charge in [-0.1, -0.05) is 44.2 Å². The molecule has 0 aromatic heterocycles. The number of nitrogens with zero attached hydrogens (tertiary/aromatic N) is 1. The Kier molecular flexibility index (Phi) is 2.05. The van der Waals surface area contributed by atoms with Crippen molar-refractivity contribution in [2.45, 2.75) is 19.9 Å². The van der Waals surface area contributed by atoms with Crippen molar-refractivity contribution < 1.29 is 9.53 Å². The number of ether oxygens (including phenoxy) is 1. The highest BCUT2D eigenvalue weighted by Gasteiger charge is 2.58. The second-order valence-electron chi connectivity index (χ2n) is 5.30. The van der Waals surface area contributed by atoms with Gasteiger partial charge in [-0.15, -0.1) is 0 Å². The number of hydrogen-bond donors (Lipinski definition) is 0. The van der Waals surface area contributed by atoms with E-state index in [9.17, 15) is 4.79 Å². The Morgan fingerprint density at radius 1 is 1.35 bits per heavy atom. The van der Waals surface area contributed by atoms with E-state index in [2.05, 4.69) is 19.9 Å². The summed E-state index contributed by atoms with van der Waals surface area (Å²) in [5.74, 6) is 0. The fraction of sp³-hybridized carbons (Fsp3) is 0.357. The van der Waals surface area contributed by atoms with Crippen LogP contribution in [0.3, 0.4) is 0 Å². The quantitative estimate of drug-likeness (QED) is 0.693. The molecule has 2 aliphatic rings. The van der Waals surface area contributed by atoms with E-state index in [4.69, 9.17) is 4.74 Å². The molecule has 1 aromatic carbocycles. The first-order valence-corrected chi connectivity index (χ1v) is 5.82. The van der Waals surface area contributed by atoms with Crippen molar-refractivity contribution in [1.29, 1.82) is 0 Å². The van der Waals surface area contributed by atoms with Gasteiger partial charge in [-0.2, -0.15) is 0 Å². The van der Waals surface area contributed by atoms with Crippen molar-refractivity contribution in [3.05, 3.63) is 41.6 Å². The van der Waals surface area contributed by atoms with E-state index >= 15 is 0 Å². The number of carbonyl (C=O) groups is 1. The molecule has 0 saturated carbocycles. The lowest BCUT2D eigenvalue weighted by Gasteiger charge is -2.27. The summed E-state index contributed by atoms with van der Waals surface area (Å²) in [7, 11) is 0. The first kappa shape index (κ1) is 10.4. The van der Waals surface area contributed by atoms with Crippen molar-refractivity contribution >= 4 is 12.2 Å². The number of cyclic esters (lactones) is 1. The number of amides is 1. The molecule has 0 unspecified atom stereocenters. The summed E-state index contributed by atoms with van der Waals surface area (Å²) in [5, 5.41) is 0. The maximum atomic E-state index is 11.6. The molecule has 3 heteroatoms. The minimum Gasteiger partial charge on any atom is -0.448 e.